The van der Waals surface area contributed by atoms with Crippen molar-refractivity contribution in [3.63, 3.8) is 0 Å². The second-order valence-electron chi connectivity index (χ2n) is 8.36. The molecular formula is C26H24ClN3O3. The molecule has 0 fully saturated rings. The summed E-state index contributed by atoms with van der Waals surface area (Å²) in [5.74, 6) is 0.516. The number of nitrogens with zero attached hydrogens (tertiary/aromatic N) is 1. The van der Waals surface area contributed by atoms with E-state index in [1.54, 1.807) is 18.4 Å². The zero-order valence-electron chi connectivity index (χ0n) is 18.2. The van der Waals surface area contributed by atoms with Gasteiger partial charge in [-0.3, -0.25) is 9.59 Å². The lowest BCUT2D eigenvalue weighted by atomic mass is 9.88. The summed E-state index contributed by atoms with van der Waals surface area (Å²) in [5, 5.41) is 7.09. The Labute approximate surface area is 197 Å². The van der Waals surface area contributed by atoms with Crippen LogP contribution in [-0.2, 0) is 9.59 Å². The maximum absolute atomic E-state index is 13.3. The molecule has 1 unspecified atom stereocenters. The average Bonchev–Trinajstić information content (AvgIpc) is 3.27. The molecule has 5 rings (SSSR count). The van der Waals surface area contributed by atoms with Crippen LogP contribution in [0, 0.1) is 6.92 Å². The van der Waals surface area contributed by atoms with Crippen molar-refractivity contribution in [2.24, 2.45) is 0 Å². The molecule has 6 nitrogen and oxygen atoms in total. The molecule has 1 aliphatic heterocycles. The molecule has 2 aliphatic rings. The van der Waals surface area contributed by atoms with Gasteiger partial charge in [-0.1, -0.05) is 23.7 Å². The quantitative estimate of drug-likeness (QED) is 0.509. The summed E-state index contributed by atoms with van der Waals surface area (Å²) >= 11 is 6.06. The summed E-state index contributed by atoms with van der Waals surface area (Å²) in [5.41, 5.74) is 4.85. The third-order valence-electron chi connectivity index (χ3n) is 6.13. The van der Waals surface area contributed by atoms with Gasteiger partial charge in [-0.2, -0.15) is 0 Å². The molecule has 33 heavy (non-hydrogen) atoms. The first kappa shape index (κ1) is 21.3. The number of fused-ring (bicyclic) bond motifs is 1. The lowest BCUT2D eigenvalue weighted by Crippen LogP contribution is -2.38. The lowest BCUT2D eigenvalue weighted by Gasteiger charge is -2.33. The van der Waals surface area contributed by atoms with E-state index in [4.69, 9.17) is 16.0 Å². The predicted octanol–water partition coefficient (Wildman–Crippen LogP) is 5.86. The first-order valence-electron chi connectivity index (χ1n) is 11.0. The van der Waals surface area contributed by atoms with Crippen LogP contribution >= 0.6 is 11.6 Å². The number of Topliss-reactive ketones (excluding diaryl/α,β-unsaturated/α-hetero) is 1. The third kappa shape index (κ3) is 4.14. The number of carbonyl (C=O) groups is 2. The molecule has 7 heteroatoms. The van der Waals surface area contributed by atoms with Gasteiger partial charge in [0.1, 0.15) is 11.8 Å². The SMILES string of the molecule is Cc1cc(Cl)ccc1NC(=O)CN1c2ccccc2NC2=C(C(=O)CCC2)C1c1ccco1. The van der Waals surface area contributed by atoms with Crippen LogP contribution in [0.1, 0.15) is 36.6 Å². The van der Waals surface area contributed by atoms with Gasteiger partial charge in [0.15, 0.2) is 5.78 Å². The van der Waals surface area contributed by atoms with Crippen LogP contribution in [0.25, 0.3) is 0 Å². The lowest BCUT2D eigenvalue weighted by molar-refractivity contribution is -0.117. The van der Waals surface area contributed by atoms with Gasteiger partial charge >= 0.3 is 0 Å². The first-order chi connectivity index (χ1) is 16.0. The Bertz CT molecular complexity index is 1250. The molecule has 0 radical (unpaired) electrons. The molecule has 2 heterocycles. The van der Waals surface area contributed by atoms with Gasteiger partial charge in [-0.25, -0.2) is 0 Å². The highest BCUT2D eigenvalue weighted by atomic mass is 35.5. The number of amides is 1. The molecule has 0 bridgehead atoms. The minimum Gasteiger partial charge on any atom is -0.467 e. The van der Waals surface area contributed by atoms with Crippen molar-refractivity contribution in [3.8, 4) is 0 Å². The Balaban J connectivity index is 1.57. The number of para-hydroxylation sites is 2. The number of rotatable bonds is 4. The predicted molar refractivity (Wildman–Crippen MR) is 130 cm³/mol. The number of halogens is 1. The molecule has 1 atom stereocenters. The Morgan fingerprint density at radius 3 is 2.82 bits per heavy atom. The van der Waals surface area contributed by atoms with E-state index in [2.05, 4.69) is 10.6 Å². The molecule has 3 aromatic rings. The molecule has 2 N–H and O–H groups in total. The second kappa shape index (κ2) is 8.79. The van der Waals surface area contributed by atoms with E-state index in [1.165, 1.54) is 0 Å². The van der Waals surface area contributed by atoms with E-state index in [9.17, 15) is 9.59 Å². The molecule has 0 saturated heterocycles. The normalized spacial score (nSPS) is 17.7. The molecule has 1 aromatic heterocycles. The summed E-state index contributed by atoms with van der Waals surface area (Å²) < 4.78 is 5.80. The molecule has 1 amide bonds. The second-order valence-corrected chi connectivity index (χ2v) is 8.80. The number of ketones is 1. The zero-order chi connectivity index (χ0) is 22.9. The van der Waals surface area contributed by atoms with Crippen LogP contribution in [0.15, 0.2) is 76.5 Å². The molecule has 1 aliphatic carbocycles. The Morgan fingerprint density at radius 2 is 2.03 bits per heavy atom. The highest BCUT2D eigenvalue weighted by Crippen LogP contribution is 2.44. The fourth-order valence-electron chi connectivity index (χ4n) is 4.63. The van der Waals surface area contributed by atoms with E-state index < -0.39 is 6.04 Å². The Kier molecular flexibility index (Phi) is 5.68. The number of hydrogen-bond donors (Lipinski definition) is 2. The number of allylic oxidation sites excluding steroid dienone is 1. The maximum Gasteiger partial charge on any atom is 0.243 e. The van der Waals surface area contributed by atoms with Crippen LogP contribution in [0.3, 0.4) is 0 Å². The molecular weight excluding hydrogens is 438 g/mol. The van der Waals surface area contributed by atoms with Crippen molar-refractivity contribution in [2.45, 2.75) is 32.2 Å². The summed E-state index contributed by atoms with van der Waals surface area (Å²) in [7, 11) is 0. The summed E-state index contributed by atoms with van der Waals surface area (Å²) in [4.78, 5) is 28.4. The summed E-state index contributed by atoms with van der Waals surface area (Å²) in [6.07, 6.45) is 3.66. The van der Waals surface area contributed by atoms with Gasteiger partial charge < -0.3 is 20.0 Å². The Morgan fingerprint density at radius 1 is 1.18 bits per heavy atom. The molecule has 0 spiro atoms. The average molecular weight is 462 g/mol. The van der Waals surface area contributed by atoms with E-state index in [1.807, 2.05) is 54.3 Å². The van der Waals surface area contributed by atoms with E-state index in [-0.39, 0.29) is 18.2 Å². The minimum absolute atomic E-state index is 0.0379. The van der Waals surface area contributed by atoms with Crippen molar-refractivity contribution < 1.29 is 14.0 Å². The smallest absolute Gasteiger partial charge is 0.243 e. The van der Waals surface area contributed by atoms with Crippen LogP contribution in [0.2, 0.25) is 5.02 Å². The number of furan rings is 1. The van der Waals surface area contributed by atoms with E-state index >= 15 is 0 Å². The van der Waals surface area contributed by atoms with Crippen molar-refractivity contribution >= 4 is 40.4 Å². The standard InChI is InChI=1S/C26H24ClN3O3/c1-16-14-17(27)11-12-18(16)29-24(32)15-30-21-8-3-2-6-19(21)28-20-7-4-9-22(31)25(20)26(30)23-10-5-13-33-23/h2-3,5-6,8,10-14,26,28H,4,7,9,15H2,1H3,(H,29,32). The van der Waals surface area contributed by atoms with Crippen molar-refractivity contribution in [3.05, 3.63) is 88.5 Å². The number of nitrogens with one attached hydrogen (secondary N) is 2. The fraction of sp³-hybridized carbons (Fsp3) is 0.231. The van der Waals surface area contributed by atoms with Crippen molar-refractivity contribution in [2.75, 3.05) is 22.1 Å². The highest BCUT2D eigenvalue weighted by Gasteiger charge is 2.38. The van der Waals surface area contributed by atoms with Crippen LogP contribution in [0.5, 0.6) is 0 Å². The first-order valence-corrected chi connectivity index (χ1v) is 11.4. The minimum atomic E-state index is -0.504. The molecule has 2 aromatic carbocycles. The maximum atomic E-state index is 13.3. The van der Waals surface area contributed by atoms with Gasteiger partial charge in [0.25, 0.3) is 0 Å². The third-order valence-corrected chi connectivity index (χ3v) is 6.36. The zero-order valence-corrected chi connectivity index (χ0v) is 19.0. The van der Waals surface area contributed by atoms with Gasteiger partial charge in [0.2, 0.25) is 5.91 Å². The van der Waals surface area contributed by atoms with Crippen LogP contribution < -0.4 is 15.5 Å². The van der Waals surface area contributed by atoms with Crippen LogP contribution in [0.4, 0.5) is 17.1 Å². The topological polar surface area (TPSA) is 74.6 Å². The fourth-order valence-corrected chi connectivity index (χ4v) is 4.86. The van der Waals surface area contributed by atoms with Gasteiger partial charge in [0, 0.05) is 28.4 Å². The largest absolute Gasteiger partial charge is 0.467 e. The van der Waals surface area contributed by atoms with E-state index in [0.29, 0.717) is 28.5 Å². The van der Waals surface area contributed by atoms with Gasteiger partial charge in [0.05, 0.1) is 24.2 Å². The number of benzene rings is 2. The van der Waals surface area contributed by atoms with Crippen molar-refractivity contribution in [1.29, 1.82) is 0 Å². The van der Waals surface area contributed by atoms with Gasteiger partial charge in [-0.05, 0) is 67.8 Å². The monoisotopic (exact) mass is 461 g/mol. The molecule has 0 saturated carbocycles. The number of anilines is 3. The summed E-state index contributed by atoms with van der Waals surface area (Å²) in [6, 6.07) is 16.3. The van der Waals surface area contributed by atoms with Gasteiger partial charge in [-0.15, -0.1) is 0 Å². The number of hydrogen-bond acceptors (Lipinski definition) is 5. The Hall–Kier alpha value is -3.51. The summed E-state index contributed by atoms with van der Waals surface area (Å²) in [6.45, 7) is 1.94. The highest BCUT2D eigenvalue weighted by molar-refractivity contribution is 6.30. The number of aryl methyl sites for hydroxylation is 1. The van der Waals surface area contributed by atoms with Crippen molar-refractivity contribution in [1.82, 2.24) is 0 Å². The number of carbonyl (C=O) groups excluding carboxylic acids is 2. The molecule has 168 valence electrons. The van der Waals surface area contributed by atoms with E-state index in [0.717, 1.165) is 35.5 Å². The van der Waals surface area contributed by atoms with Crippen LogP contribution in [-0.4, -0.2) is 18.2 Å².